The summed E-state index contributed by atoms with van der Waals surface area (Å²) in [6, 6.07) is 0. The van der Waals surface area contributed by atoms with Gasteiger partial charge in [0.15, 0.2) is 0 Å². The Balaban J connectivity index is 2.28. The fraction of sp³-hybridized carbons (Fsp3) is 0.933. The lowest BCUT2D eigenvalue weighted by molar-refractivity contribution is -0.123. The molecular weight excluding hydrogens is 226 g/mol. The molecule has 0 aliphatic heterocycles. The first-order chi connectivity index (χ1) is 8.06. The van der Waals surface area contributed by atoms with E-state index in [9.17, 15) is 4.79 Å². The fourth-order valence-electron chi connectivity index (χ4n) is 2.81. The molecule has 0 unspecified atom stereocenters. The number of rotatable bonds is 6. The van der Waals surface area contributed by atoms with Crippen molar-refractivity contribution in [2.45, 2.75) is 54.4 Å². The van der Waals surface area contributed by atoms with Crippen LogP contribution in [0, 0.1) is 22.2 Å². The molecular formula is C15H29NO2. The van der Waals surface area contributed by atoms with Gasteiger partial charge in [0.2, 0.25) is 5.91 Å². The fourth-order valence-corrected chi connectivity index (χ4v) is 2.81. The summed E-state index contributed by atoms with van der Waals surface area (Å²) in [6.07, 6.45) is 1.86. The standard InChI is InChI=1S/C15H29NO2/c1-13(2,10-17)8-7-9-16-12(18)11-14(3,4)15(11,5)6/h11,17H,7-10H2,1-6H3,(H,16,18). The van der Waals surface area contributed by atoms with Gasteiger partial charge in [-0.25, -0.2) is 0 Å². The minimum atomic E-state index is -0.0388. The zero-order valence-electron chi connectivity index (χ0n) is 12.8. The van der Waals surface area contributed by atoms with Crippen molar-refractivity contribution >= 4 is 5.91 Å². The van der Waals surface area contributed by atoms with Crippen molar-refractivity contribution in [3.8, 4) is 0 Å². The van der Waals surface area contributed by atoms with Gasteiger partial charge in [-0.05, 0) is 29.1 Å². The Hall–Kier alpha value is -0.570. The Morgan fingerprint density at radius 1 is 1.22 bits per heavy atom. The first-order valence-electron chi connectivity index (χ1n) is 6.95. The topological polar surface area (TPSA) is 49.3 Å². The van der Waals surface area contributed by atoms with Gasteiger partial charge in [0.1, 0.15) is 0 Å². The predicted octanol–water partition coefficient (Wildman–Crippen LogP) is 2.58. The average Bonchev–Trinajstić information content (AvgIpc) is 2.64. The van der Waals surface area contributed by atoms with Gasteiger partial charge in [0.05, 0.1) is 0 Å². The number of aliphatic hydroxyl groups is 1. The summed E-state index contributed by atoms with van der Waals surface area (Å²) in [5.41, 5.74) is 0.186. The van der Waals surface area contributed by atoms with Crippen LogP contribution in [0.5, 0.6) is 0 Å². The predicted molar refractivity (Wildman–Crippen MR) is 74.2 cm³/mol. The van der Waals surface area contributed by atoms with Gasteiger partial charge in [0.25, 0.3) is 0 Å². The molecule has 1 aliphatic rings. The lowest BCUT2D eigenvalue weighted by Gasteiger charge is -2.21. The van der Waals surface area contributed by atoms with Crippen molar-refractivity contribution in [2.75, 3.05) is 13.2 Å². The van der Waals surface area contributed by atoms with Crippen molar-refractivity contribution < 1.29 is 9.90 Å². The van der Waals surface area contributed by atoms with Crippen LogP contribution in [0.3, 0.4) is 0 Å². The highest BCUT2D eigenvalue weighted by atomic mass is 16.3. The van der Waals surface area contributed by atoms with Crippen LogP contribution in [0.1, 0.15) is 54.4 Å². The first-order valence-corrected chi connectivity index (χ1v) is 6.95. The highest BCUT2D eigenvalue weighted by Crippen LogP contribution is 2.68. The maximum absolute atomic E-state index is 12.1. The lowest BCUT2D eigenvalue weighted by Crippen LogP contribution is -2.29. The van der Waals surface area contributed by atoms with Gasteiger partial charge in [-0.3, -0.25) is 4.79 Å². The molecule has 106 valence electrons. The smallest absolute Gasteiger partial charge is 0.224 e. The average molecular weight is 255 g/mol. The second-order valence-electron chi connectivity index (χ2n) is 7.59. The van der Waals surface area contributed by atoms with E-state index >= 15 is 0 Å². The molecule has 0 radical (unpaired) electrons. The third-order valence-corrected chi connectivity index (χ3v) is 5.04. The van der Waals surface area contributed by atoms with Gasteiger partial charge in [0, 0.05) is 19.1 Å². The van der Waals surface area contributed by atoms with Crippen molar-refractivity contribution in [2.24, 2.45) is 22.2 Å². The molecule has 1 fully saturated rings. The maximum Gasteiger partial charge on any atom is 0.224 e. The van der Waals surface area contributed by atoms with Crippen LogP contribution in [-0.2, 0) is 4.79 Å². The molecule has 18 heavy (non-hydrogen) atoms. The van der Waals surface area contributed by atoms with Gasteiger partial charge in [-0.2, -0.15) is 0 Å². The minimum absolute atomic E-state index is 0.0388. The number of hydrogen-bond donors (Lipinski definition) is 2. The molecule has 3 heteroatoms. The molecule has 0 aromatic rings. The summed E-state index contributed by atoms with van der Waals surface area (Å²) in [5, 5.41) is 12.2. The van der Waals surface area contributed by atoms with E-state index in [1.807, 2.05) is 13.8 Å². The molecule has 2 N–H and O–H groups in total. The Labute approximate surface area is 111 Å². The van der Waals surface area contributed by atoms with Crippen molar-refractivity contribution in [3.63, 3.8) is 0 Å². The minimum Gasteiger partial charge on any atom is -0.396 e. The Bertz CT molecular complexity index is 304. The monoisotopic (exact) mass is 255 g/mol. The van der Waals surface area contributed by atoms with Crippen LogP contribution in [0.15, 0.2) is 0 Å². The van der Waals surface area contributed by atoms with E-state index in [1.165, 1.54) is 0 Å². The highest BCUT2D eigenvalue weighted by Gasteiger charge is 2.68. The molecule has 1 rings (SSSR count). The zero-order valence-corrected chi connectivity index (χ0v) is 12.8. The number of hydrogen-bond acceptors (Lipinski definition) is 2. The third kappa shape index (κ3) is 2.87. The van der Waals surface area contributed by atoms with Crippen LogP contribution in [0.2, 0.25) is 0 Å². The Morgan fingerprint density at radius 2 is 1.72 bits per heavy atom. The van der Waals surface area contributed by atoms with Crippen LogP contribution in [0.25, 0.3) is 0 Å². The second kappa shape index (κ2) is 4.84. The van der Waals surface area contributed by atoms with Gasteiger partial charge < -0.3 is 10.4 Å². The van der Waals surface area contributed by atoms with E-state index in [2.05, 4.69) is 33.0 Å². The van der Waals surface area contributed by atoms with Crippen molar-refractivity contribution in [1.82, 2.24) is 5.32 Å². The molecule has 0 aromatic heterocycles. The van der Waals surface area contributed by atoms with Crippen LogP contribution in [-0.4, -0.2) is 24.2 Å². The quantitative estimate of drug-likeness (QED) is 0.717. The number of nitrogens with one attached hydrogen (secondary N) is 1. The third-order valence-electron chi connectivity index (χ3n) is 5.04. The number of carbonyl (C=O) groups is 1. The summed E-state index contributed by atoms with van der Waals surface area (Å²) in [5.74, 6) is 0.322. The molecule has 0 aromatic carbocycles. The van der Waals surface area contributed by atoms with E-state index in [0.29, 0.717) is 6.54 Å². The SMILES string of the molecule is CC(C)(CO)CCCNC(=O)C1C(C)(C)C1(C)C. The second-order valence-corrected chi connectivity index (χ2v) is 7.59. The number of carbonyl (C=O) groups excluding carboxylic acids is 1. The van der Waals surface area contributed by atoms with Crippen LogP contribution in [0.4, 0.5) is 0 Å². The largest absolute Gasteiger partial charge is 0.396 e. The van der Waals surface area contributed by atoms with Crippen molar-refractivity contribution in [1.29, 1.82) is 0 Å². The summed E-state index contributed by atoms with van der Waals surface area (Å²) in [6.45, 7) is 13.6. The summed E-state index contributed by atoms with van der Waals surface area (Å²) >= 11 is 0. The number of amides is 1. The van der Waals surface area contributed by atoms with E-state index in [1.54, 1.807) is 0 Å². The summed E-state index contributed by atoms with van der Waals surface area (Å²) < 4.78 is 0. The normalized spacial score (nSPS) is 21.7. The summed E-state index contributed by atoms with van der Waals surface area (Å²) in [4.78, 5) is 12.1. The number of aliphatic hydroxyl groups excluding tert-OH is 1. The van der Waals surface area contributed by atoms with Crippen LogP contribution < -0.4 is 5.32 Å². The highest BCUT2D eigenvalue weighted by molar-refractivity contribution is 5.84. The molecule has 0 heterocycles. The van der Waals surface area contributed by atoms with Gasteiger partial charge in [-0.15, -0.1) is 0 Å². The molecule has 1 saturated carbocycles. The molecule has 1 aliphatic carbocycles. The van der Waals surface area contributed by atoms with E-state index < -0.39 is 0 Å². The molecule has 0 spiro atoms. The molecule has 0 saturated heterocycles. The molecule has 1 amide bonds. The molecule has 3 nitrogen and oxygen atoms in total. The Morgan fingerprint density at radius 3 is 2.11 bits per heavy atom. The van der Waals surface area contributed by atoms with E-state index in [-0.39, 0.29) is 34.7 Å². The van der Waals surface area contributed by atoms with Gasteiger partial charge in [-0.1, -0.05) is 41.5 Å². The molecule has 0 bridgehead atoms. The molecule has 0 atom stereocenters. The van der Waals surface area contributed by atoms with E-state index in [0.717, 1.165) is 12.8 Å². The van der Waals surface area contributed by atoms with Gasteiger partial charge >= 0.3 is 0 Å². The first kappa shape index (κ1) is 15.5. The zero-order chi connectivity index (χ0) is 14.2. The van der Waals surface area contributed by atoms with Crippen LogP contribution >= 0.6 is 0 Å². The lowest BCUT2D eigenvalue weighted by atomic mass is 9.89. The summed E-state index contributed by atoms with van der Waals surface area (Å²) in [7, 11) is 0. The van der Waals surface area contributed by atoms with E-state index in [4.69, 9.17) is 5.11 Å². The van der Waals surface area contributed by atoms with Crippen molar-refractivity contribution in [3.05, 3.63) is 0 Å². The maximum atomic E-state index is 12.1. The Kier molecular flexibility index (Phi) is 4.16.